The molecule has 8 rings (SSSR count). The highest BCUT2D eigenvalue weighted by molar-refractivity contribution is 7.52. The van der Waals surface area contributed by atoms with E-state index < -0.39 is 72.2 Å². The number of amides is 7. The molecule has 21 heteroatoms. The van der Waals surface area contributed by atoms with Crippen molar-refractivity contribution in [3.8, 4) is 11.8 Å². The minimum absolute atomic E-state index is 0.0447. The molecule has 7 amide bonds. The number of thiophene rings is 1. The van der Waals surface area contributed by atoms with Gasteiger partial charge in [-0.15, -0.1) is 11.3 Å². The Balaban J connectivity index is 0.937. The highest BCUT2D eigenvalue weighted by Gasteiger charge is 2.51. The fourth-order valence-corrected chi connectivity index (χ4v) is 10.8. The number of halogens is 2. The lowest BCUT2D eigenvalue weighted by molar-refractivity contribution is -0.150. The number of imide groups is 1. The van der Waals surface area contributed by atoms with Crippen LogP contribution in [0.1, 0.15) is 108 Å². The number of likely N-dealkylation sites (tertiary alicyclic amines) is 1. The molecule has 4 aliphatic heterocycles. The molecule has 3 fully saturated rings. The smallest absolute Gasteiger partial charge is 0.370 e. The second-order valence-electron chi connectivity index (χ2n) is 19.2. The second-order valence-corrected chi connectivity index (χ2v) is 21.9. The van der Waals surface area contributed by atoms with Crippen molar-refractivity contribution in [3.63, 3.8) is 0 Å². The number of unbranched alkanes of at least 4 members (excludes halogenated alkanes) is 1. The Bertz CT molecular complexity index is 2910. The summed E-state index contributed by atoms with van der Waals surface area (Å²) in [5.41, 5.74) is -3.58. The van der Waals surface area contributed by atoms with Crippen molar-refractivity contribution < 1.29 is 61.4 Å². The van der Waals surface area contributed by atoms with E-state index in [4.69, 9.17) is 4.74 Å². The van der Waals surface area contributed by atoms with Gasteiger partial charge in [0.05, 0.1) is 18.0 Å². The third-order valence-electron chi connectivity index (χ3n) is 13.1. The lowest BCUT2D eigenvalue weighted by Gasteiger charge is -2.38. The Morgan fingerprint density at radius 1 is 1.00 bits per heavy atom. The number of carbonyl (C=O) groups is 7. The van der Waals surface area contributed by atoms with E-state index in [1.54, 1.807) is 43.9 Å². The van der Waals surface area contributed by atoms with E-state index in [0.29, 0.717) is 28.7 Å². The van der Waals surface area contributed by atoms with Crippen LogP contribution in [0.15, 0.2) is 72.8 Å². The van der Waals surface area contributed by atoms with Gasteiger partial charge in [0, 0.05) is 66.3 Å². The van der Waals surface area contributed by atoms with Gasteiger partial charge in [-0.25, -0.2) is 0 Å². The maximum Gasteiger partial charge on any atom is 0.399 e. The highest BCUT2D eigenvalue weighted by atomic mass is 32.1. The molecule has 71 heavy (non-hydrogen) atoms. The Hall–Kier alpha value is -6.36. The number of alkyl halides is 2. The number of nitrogens with zero attached hydrogens (tertiary/aromatic N) is 3. The molecule has 0 aliphatic carbocycles. The fourth-order valence-electron chi connectivity index (χ4n) is 9.33. The first-order valence-electron chi connectivity index (χ1n) is 23.2. The summed E-state index contributed by atoms with van der Waals surface area (Å²) in [6.45, 7) is 6.11. The number of morpholine rings is 1. The first kappa shape index (κ1) is 51.0. The van der Waals surface area contributed by atoms with Gasteiger partial charge in [-0.2, -0.15) is 8.78 Å². The molecule has 374 valence electrons. The van der Waals surface area contributed by atoms with Gasteiger partial charge >= 0.3 is 13.3 Å². The minimum Gasteiger partial charge on any atom is -0.370 e. The minimum atomic E-state index is -5.85. The van der Waals surface area contributed by atoms with Crippen LogP contribution in [-0.4, -0.2) is 116 Å². The molecule has 17 nitrogen and oxygen atoms in total. The number of nitrogens with one attached hydrogen (secondary N) is 3. The highest BCUT2D eigenvalue weighted by Crippen LogP contribution is 2.59. The fraction of sp³-hybridized carbons (Fsp3) is 0.420. The predicted molar refractivity (Wildman–Crippen MR) is 255 cm³/mol. The molecule has 0 saturated carbocycles. The monoisotopic (exact) mass is 1010 g/mol. The van der Waals surface area contributed by atoms with Gasteiger partial charge in [-0.1, -0.05) is 69.0 Å². The molecule has 1 aromatic heterocycles. The zero-order valence-corrected chi connectivity index (χ0v) is 40.8. The number of fused-ring (bicyclic) bond motifs is 2. The number of carbonyl (C=O) groups excluding carboxylic acids is 7. The Kier molecular flexibility index (Phi) is 14.7. The quantitative estimate of drug-likeness (QED) is 0.0552. The van der Waals surface area contributed by atoms with Crippen LogP contribution in [-0.2, 0) is 45.5 Å². The number of benzene rings is 3. The maximum absolute atomic E-state index is 14.8. The molecule has 4 aliphatic rings. The molecule has 0 spiro atoms. The van der Waals surface area contributed by atoms with Gasteiger partial charge in [0.1, 0.15) is 24.2 Å². The van der Waals surface area contributed by atoms with Crippen LogP contribution in [0.3, 0.4) is 0 Å². The summed E-state index contributed by atoms with van der Waals surface area (Å²) in [7, 11) is -5.85. The average Bonchev–Trinajstić information content (AvgIpc) is 4.04. The number of hydrogen-bond donors (Lipinski definition) is 5. The molecular weight excluding hydrogens is 962 g/mol. The summed E-state index contributed by atoms with van der Waals surface area (Å²) in [5, 5.41) is 8.24. The molecular formula is C50H53F2N6O11PS. The van der Waals surface area contributed by atoms with E-state index in [2.05, 4.69) is 27.8 Å². The standard InChI is InChI=1S/C50H53F2N6O11PS/c1-49(2,3)43(55-45(62)40-24-31-23-33(15-18-39(31)71-40)50(51,52)70(66,67)68)48(65)58-27-34(25-37(58)47(64)56-20-21-69-38(28-56)30-11-7-5-8-12-30)53-41(59)13-9-4-6-10-29-14-16-35-32(22-29)26-57(46(35)63)36-17-19-42(60)54-44(36)61/h5,7-8,11-12,14-16,18,22-24,34,36-38,43H,4,9,13,17,19-21,25-28H2,1-3H3,(H,53,59)(H,55,62)(H,54,60,61)(H2,66,67,68)/t34-,36?,37-,38-,43+/m0/s1. The first-order chi connectivity index (χ1) is 33.6. The van der Waals surface area contributed by atoms with Crippen LogP contribution in [0.4, 0.5) is 8.78 Å². The Morgan fingerprint density at radius 3 is 2.48 bits per heavy atom. The van der Waals surface area contributed by atoms with E-state index in [1.807, 2.05) is 30.3 Å². The van der Waals surface area contributed by atoms with Gasteiger partial charge in [0.2, 0.25) is 29.5 Å². The zero-order chi connectivity index (χ0) is 51.0. The van der Waals surface area contributed by atoms with Gasteiger partial charge in [0.25, 0.3) is 11.8 Å². The van der Waals surface area contributed by atoms with E-state index in [-0.39, 0.29) is 92.4 Å². The summed E-state index contributed by atoms with van der Waals surface area (Å²) >= 11 is 0.939. The van der Waals surface area contributed by atoms with Crippen molar-refractivity contribution in [1.29, 1.82) is 0 Å². The number of hydrogen-bond acceptors (Lipinski definition) is 10. The summed E-state index contributed by atoms with van der Waals surface area (Å²) in [4.78, 5) is 117. The summed E-state index contributed by atoms with van der Waals surface area (Å²) < 4.78 is 47.1. The summed E-state index contributed by atoms with van der Waals surface area (Å²) in [6.07, 6.45) is 0.924. The van der Waals surface area contributed by atoms with E-state index >= 15 is 0 Å². The van der Waals surface area contributed by atoms with Gasteiger partial charge < -0.3 is 39.9 Å². The van der Waals surface area contributed by atoms with Crippen LogP contribution >= 0.6 is 18.9 Å². The van der Waals surface area contributed by atoms with Gasteiger partial charge in [-0.05, 0) is 77.6 Å². The summed E-state index contributed by atoms with van der Waals surface area (Å²) in [5.74, 6) is 3.07. The van der Waals surface area contributed by atoms with Gasteiger partial charge in [0.15, 0.2) is 0 Å². The van der Waals surface area contributed by atoms with Crippen molar-refractivity contribution in [1.82, 2.24) is 30.7 Å². The second kappa shape index (κ2) is 20.4. The van der Waals surface area contributed by atoms with Crippen LogP contribution < -0.4 is 16.0 Å². The average molecular weight is 1020 g/mol. The van der Waals surface area contributed by atoms with Crippen molar-refractivity contribution in [2.24, 2.45) is 5.41 Å². The maximum atomic E-state index is 14.8. The van der Waals surface area contributed by atoms with Crippen LogP contribution in [0, 0.1) is 17.3 Å². The largest absolute Gasteiger partial charge is 0.399 e. The van der Waals surface area contributed by atoms with Crippen molar-refractivity contribution in [2.45, 2.75) is 102 Å². The normalized spacial score (nSPS) is 21.1. The van der Waals surface area contributed by atoms with Crippen molar-refractivity contribution in [2.75, 3.05) is 26.2 Å². The topological polar surface area (TPSA) is 232 Å². The predicted octanol–water partition coefficient (Wildman–Crippen LogP) is 4.94. The third-order valence-corrected chi connectivity index (χ3v) is 15.2. The molecule has 5 N–H and O–H groups in total. The molecule has 5 atom stereocenters. The first-order valence-corrected chi connectivity index (χ1v) is 25.6. The number of ether oxygens (including phenoxy) is 1. The van der Waals surface area contributed by atoms with Crippen LogP contribution in [0.2, 0.25) is 0 Å². The Morgan fingerprint density at radius 2 is 1.76 bits per heavy atom. The zero-order valence-electron chi connectivity index (χ0n) is 39.1. The van der Waals surface area contributed by atoms with Crippen LogP contribution in [0.25, 0.3) is 10.1 Å². The molecule has 0 radical (unpaired) electrons. The van der Waals surface area contributed by atoms with E-state index in [1.165, 1.54) is 21.9 Å². The molecule has 4 aromatic rings. The lowest BCUT2D eigenvalue weighted by atomic mass is 9.85. The molecule has 3 aromatic carbocycles. The van der Waals surface area contributed by atoms with Crippen LogP contribution in [0.5, 0.6) is 0 Å². The lowest BCUT2D eigenvalue weighted by Crippen LogP contribution is -2.58. The third kappa shape index (κ3) is 11.1. The molecule has 0 bridgehead atoms. The Labute approximate surface area is 411 Å². The van der Waals surface area contributed by atoms with Crippen molar-refractivity contribution >= 4 is 70.4 Å². The molecule has 3 saturated heterocycles. The number of piperidine rings is 1. The molecule has 1 unspecified atom stereocenters. The molecule has 5 heterocycles. The SMILES string of the molecule is CC(C)(C)[C@H](NC(=O)c1cc2cc(C(F)(F)P(=O)(O)O)ccc2s1)C(=O)N1C[C@@H](NC(=O)CCCC#Cc2ccc3c(c2)CN(C2CCC(=O)NC2=O)C3=O)C[C@H]1C(=O)N1CCO[C@H](c2ccccc2)C1. The summed E-state index contributed by atoms with van der Waals surface area (Å²) in [6, 6.07) is 15.3. The number of rotatable bonds is 12. The van der Waals surface area contributed by atoms with Gasteiger partial charge in [-0.3, -0.25) is 43.4 Å². The van der Waals surface area contributed by atoms with Crippen molar-refractivity contribution in [3.05, 3.63) is 105 Å². The van der Waals surface area contributed by atoms with E-state index in [0.717, 1.165) is 34.6 Å². The van der Waals surface area contributed by atoms with E-state index in [9.17, 15) is 56.7 Å².